The Kier molecular flexibility index (Phi) is 3.18. The molecule has 0 atom stereocenters. The number of likely N-dealkylation sites (tertiary alicyclic amines) is 1. The number of rotatable bonds is 2. The van der Waals surface area contributed by atoms with E-state index in [1.807, 2.05) is 4.90 Å². The highest BCUT2D eigenvalue weighted by Crippen LogP contribution is 2.29. The van der Waals surface area contributed by atoms with E-state index in [-0.39, 0.29) is 17.1 Å². The molecule has 17 heavy (non-hydrogen) atoms. The molecule has 0 aromatic heterocycles. The largest absolute Gasteiger partial charge is 0.342 e. The highest BCUT2D eigenvalue weighted by atomic mass is 19.1. The topological polar surface area (TPSA) is 20.3 Å². The molecule has 2 rings (SSSR count). The van der Waals surface area contributed by atoms with Gasteiger partial charge in [-0.1, -0.05) is 26.0 Å². The minimum atomic E-state index is -0.261. The van der Waals surface area contributed by atoms with Gasteiger partial charge in [-0.2, -0.15) is 0 Å². The average Bonchev–Trinajstić information content (AvgIpc) is 2.62. The van der Waals surface area contributed by atoms with E-state index in [1.165, 1.54) is 12.1 Å². The Labute approximate surface area is 101 Å². The van der Waals surface area contributed by atoms with Crippen LogP contribution in [0.25, 0.3) is 0 Å². The molecule has 0 aliphatic carbocycles. The summed E-state index contributed by atoms with van der Waals surface area (Å²) in [6.45, 7) is 6.02. The summed E-state index contributed by atoms with van der Waals surface area (Å²) in [5.41, 5.74) is 1.11. The number of benzene rings is 1. The molecule has 92 valence electrons. The van der Waals surface area contributed by atoms with E-state index in [0.717, 1.165) is 25.1 Å². The summed E-state index contributed by atoms with van der Waals surface area (Å²) < 4.78 is 12.7. The van der Waals surface area contributed by atoms with Crippen molar-refractivity contribution in [3.63, 3.8) is 0 Å². The Morgan fingerprint density at radius 2 is 2.00 bits per heavy atom. The summed E-state index contributed by atoms with van der Waals surface area (Å²) in [6.07, 6.45) is 1.43. The summed E-state index contributed by atoms with van der Waals surface area (Å²) in [4.78, 5) is 13.9. The lowest BCUT2D eigenvalue weighted by atomic mass is 9.93. The number of hydrogen-bond donors (Lipinski definition) is 0. The molecule has 1 fully saturated rings. The fourth-order valence-electron chi connectivity index (χ4n) is 2.21. The van der Waals surface area contributed by atoms with Crippen molar-refractivity contribution in [2.24, 2.45) is 5.41 Å². The number of halogens is 1. The van der Waals surface area contributed by atoms with Gasteiger partial charge in [0.1, 0.15) is 5.82 Å². The molecule has 3 heteroatoms. The Bertz CT molecular complexity index is 411. The number of nitrogens with zero attached hydrogens (tertiary/aromatic N) is 1. The van der Waals surface area contributed by atoms with E-state index in [9.17, 15) is 9.18 Å². The Balaban J connectivity index is 1.96. The summed E-state index contributed by atoms with van der Waals surface area (Å²) in [5, 5.41) is 0. The van der Waals surface area contributed by atoms with Gasteiger partial charge in [0.15, 0.2) is 0 Å². The molecule has 0 N–H and O–H groups in total. The zero-order valence-electron chi connectivity index (χ0n) is 10.4. The van der Waals surface area contributed by atoms with Gasteiger partial charge in [-0.05, 0) is 29.5 Å². The molecule has 2 nitrogen and oxygen atoms in total. The Morgan fingerprint density at radius 3 is 2.53 bits per heavy atom. The van der Waals surface area contributed by atoms with Crippen LogP contribution in [-0.4, -0.2) is 23.9 Å². The maximum Gasteiger partial charge on any atom is 0.227 e. The highest BCUT2D eigenvalue weighted by molar-refractivity contribution is 5.79. The second kappa shape index (κ2) is 4.47. The van der Waals surface area contributed by atoms with Gasteiger partial charge in [0.25, 0.3) is 0 Å². The van der Waals surface area contributed by atoms with Crippen LogP contribution in [0.2, 0.25) is 0 Å². The van der Waals surface area contributed by atoms with E-state index >= 15 is 0 Å². The molecular weight excluding hydrogens is 217 g/mol. The fourth-order valence-corrected chi connectivity index (χ4v) is 2.21. The zero-order chi connectivity index (χ0) is 12.5. The molecular formula is C14H18FNO. The highest BCUT2D eigenvalue weighted by Gasteiger charge is 2.31. The molecule has 1 amide bonds. The molecule has 0 radical (unpaired) electrons. The van der Waals surface area contributed by atoms with Crippen molar-refractivity contribution in [1.82, 2.24) is 4.90 Å². The smallest absolute Gasteiger partial charge is 0.227 e. The van der Waals surface area contributed by atoms with Crippen LogP contribution >= 0.6 is 0 Å². The van der Waals surface area contributed by atoms with Crippen LogP contribution in [0.3, 0.4) is 0 Å². The van der Waals surface area contributed by atoms with Crippen LogP contribution in [0.15, 0.2) is 24.3 Å². The summed E-state index contributed by atoms with van der Waals surface area (Å²) in [5.74, 6) is -0.120. The lowest BCUT2D eigenvalue weighted by molar-refractivity contribution is -0.129. The molecule has 1 saturated heterocycles. The predicted molar refractivity (Wildman–Crippen MR) is 65.1 cm³/mol. The third-order valence-corrected chi connectivity index (χ3v) is 3.30. The fraction of sp³-hybridized carbons (Fsp3) is 0.500. The quantitative estimate of drug-likeness (QED) is 0.771. The van der Waals surface area contributed by atoms with Crippen molar-refractivity contribution in [1.29, 1.82) is 0 Å². The second-order valence-electron chi connectivity index (χ2n) is 5.53. The number of amides is 1. The monoisotopic (exact) mass is 235 g/mol. The van der Waals surface area contributed by atoms with Gasteiger partial charge in [0.05, 0.1) is 6.42 Å². The SMILES string of the molecule is CC1(C)CCN(C(=O)Cc2ccc(F)cc2)C1. The van der Waals surface area contributed by atoms with E-state index in [1.54, 1.807) is 12.1 Å². The number of carbonyl (C=O) groups is 1. The molecule has 0 unspecified atom stereocenters. The van der Waals surface area contributed by atoms with Crippen LogP contribution in [0.4, 0.5) is 4.39 Å². The minimum absolute atomic E-state index is 0.141. The lowest BCUT2D eigenvalue weighted by Gasteiger charge is -2.19. The van der Waals surface area contributed by atoms with E-state index < -0.39 is 0 Å². The van der Waals surface area contributed by atoms with Crippen LogP contribution in [0, 0.1) is 11.2 Å². The van der Waals surface area contributed by atoms with Gasteiger partial charge in [-0.15, -0.1) is 0 Å². The van der Waals surface area contributed by atoms with Gasteiger partial charge < -0.3 is 4.90 Å². The van der Waals surface area contributed by atoms with E-state index in [4.69, 9.17) is 0 Å². The first-order valence-corrected chi connectivity index (χ1v) is 5.98. The van der Waals surface area contributed by atoms with Crippen LogP contribution in [-0.2, 0) is 11.2 Å². The van der Waals surface area contributed by atoms with Crippen molar-refractivity contribution in [3.05, 3.63) is 35.6 Å². The van der Waals surface area contributed by atoms with Crippen molar-refractivity contribution in [2.75, 3.05) is 13.1 Å². The summed E-state index contributed by atoms with van der Waals surface area (Å²) in [6, 6.07) is 6.15. The van der Waals surface area contributed by atoms with Gasteiger partial charge in [0, 0.05) is 13.1 Å². The van der Waals surface area contributed by atoms with Crippen molar-refractivity contribution in [3.8, 4) is 0 Å². The van der Waals surface area contributed by atoms with Gasteiger partial charge in [0.2, 0.25) is 5.91 Å². The van der Waals surface area contributed by atoms with E-state index in [2.05, 4.69) is 13.8 Å². The second-order valence-corrected chi connectivity index (χ2v) is 5.53. The minimum Gasteiger partial charge on any atom is -0.342 e. The van der Waals surface area contributed by atoms with Crippen LogP contribution in [0.1, 0.15) is 25.8 Å². The van der Waals surface area contributed by atoms with Crippen molar-refractivity contribution >= 4 is 5.91 Å². The molecule has 1 heterocycles. The number of hydrogen-bond acceptors (Lipinski definition) is 1. The maximum atomic E-state index is 12.7. The van der Waals surface area contributed by atoms with Crippen LogP contribution < -0.4 is 0 Å². The van der Waals surface area contributed by atoms with Crippen molar-refractivity contribution < 1.29 is 9.18 Å². The first kappa shape index (κ1) is 12.1. The molecule has 1 aromatic rings. The normalized spacial score (nSPS) is 18.4. The standard InChI is InChI=1S/C14H18FNO/c1-14(2)7-8-16(10-14)13(17)9-11-3-5-12(15)6-4-11/h3-6H,7-10H2,1-2H3. The lowest BCUT2D eigenvalue weighted by Crippen LogP contribution is -2.31. The average molecular weight is 235 g/mol. The Morgan fingerprint density at radius 1 is 1.35 bits per heavy atom. The first-order chi connectivity index (χ1) is 7.96. The molecule has 0 saturated carbocycles. The molecule has 1 aliphatic heterocycles. The summed E-state index contributed by atoms with van der Waals surface area (Å²) in [7, 11) is 0. The molecule has 0 bridgehead atoms. The van der Waals surface area contributed by atoms with Gasteiger partial charge >= 0.3 is 0 Å². The molecule has 1 aromatic carbocycles. The van der Waals surface area contributed by atoms with E-state index in [0.29, 0.717) is 6.42 Å². The third kappa shape index (κ3) is 3.05. The Hall–Kier alpha value is -1.38. The van der Waals surface area contributed by atoms with Crippen LogP contribution in [0.5, 0.6) is 0 Å². The van der Waals surface area contributed by atoms with Gasteiger partial charge in [-0.3, -0.25) is 4.79 Å². The predicted octanol–water partition coefficient (Wildman–Crippen LogP) is 2.63. The van der Waals surface area contributed by atoms with Crippen molar-refractivity contribution in [2.45, 2.75) is 26.7 Å². The van der Waals surface area contributed by atoms with Gasteiger partial charge in [-0.25, -0.2) is 4.39 Å². The molecule has 1 aliphatic rings. The summed E-state index contributed by atoms with van der Waals surface area (Å²) >= 11 is 0. The molecule has 0 spiro atoms. The zero-order valence-corrected chi connectivity index (χ0v) is 10.4. The number of carbonyl (C=O) groups excluding carboxylic acids is 1. The maximum absolute atomic E-state index is 12.7. The third-order valence-electron chi connectivity index (χ3n) is 3.30. The first-order valence-electron chi connectivity index (χ1n) is 5.98.